The zero-order chi connectivity index (χ0) is 28.2. The summed E-state index contributed by atoms with van der Waals surface area (Å²) in [6, 6.07) is 11.6. The molecule has 0 atom stereocenters. The van der Waals surface area contributed by atoms with Crippen molar-refractivity contribution < 1.29 is 33.0 Å². The van der Waals surface area contributed by atoms with Crippen LogP contribution in [-0.2, 0) is 17.8 Å². The van der Waals surface area contributed by atoms with Gasteiger partial charge in [0.15, 0.2) is 11.4 Å². The summed E-state index contributed by atoms with van der Waals surface area (Å²) in [6.07, 6.45) is 4.94. The molecule has 0 radical (unpaired) electrons. The summed E-state index contributed by atoms with van der Waals surface area (Å²) in [5.74, 6) is 0.522. The highest BCUT2D eigenvalue weighted by Crippen LogP contribution is 2.68. The Balaban J connectivity index is 0.00000110. The quantitative estimate of drug-likeness (QED) is 0.273. The van der Waals surface area contributed by atoms with Gasteiger partial charge in [0.2, 0.25) is 5.76 Å². The van der Waals surface area contributed by atoms with Crippen molar-refractivity contribution in [2.75, 3.05) is 13.7 Å². The number of halogens is 1. The van der Waals surface area contributed by atoms with Gasteiger partial charge in [0, 0.05) is 12.3 Å². The van der Waals surface area contributed by atoms with E-state index in [4.69, 9.17) is 23.8 Å². The Morgan fingerprint density at radius 3 is 2.38 bits per heavy atom. The summed E-state index contributed by atoms with van der Waals surface area (Å²) in [7, 11) is 1.51. The largest absolute Gasteiger partial charge is 0.497 e. The fourth-order valence-electron chi connectivity index (χ4n) is 4.64. The van der Waals surface area contributed by atoms with Crippen LogP contribution in [0.5, 0.6) is 17.2 Å². The van der Waals surface area contributed by atoms with Gasteiger partial charge in [-0.2, -0.15) is 0 Å². The summed E-state index contributed by atoms with van der Waals surface area (Å²) in [6.45, 7) is 9.29. The third kappa shape index (κ3) is 6.72. The average Bonchev–Trinajstić information content (AvgIpc) is 3.80. The van der Waals surface area contributed by atoms with Crippen molar-refractivity contribution in [3.05, 3.63) is 59.5 Å². The van der Waals surface area contributed by atoms with E-state index in [1.807, 2.05) is 6.07 Å². The Kier molecular flexibility index (Phi) is 8.52. The number of carbonyl (C=O) groups is 1. The fourth-order valence-corrected chi connectivity index (χ4v) is 4.64. The number of hydrogen-bond acceptors (Lipinski definition) is 6. The fraction of sp³-hybridized carbons (Fsp3) is 0.484. The predicted octanol–water partition coefficient (Wildman–Crippen LogP) is 7.32. The number of ether oxygens (including phenoxy) is 3. The van der Waals surface area contributed by atoms with Crippen molar-refractivity contribution in [2.24, 2.45) is 16.7 Å². The van der Waals surface area contributed by atoms with Crippen LogP contribution in [0, 0.1) is 22.6 Å². The van der Waals surface area contributed by atoms with Gasteiger partial charge in [0.05, 0.1) is 19.3 Å². The van der Waals surface area contributed by atoms with Gasteiger partial charge in [-0.25, -0.2) is 4.39 Å². The number of nitrogens with zero attached hydrogens (tertiary/aromatic N) is 1. The van der Waals surface area contributed by atoms with Gasteiger partial charge in [-0.15, -0.1) is 0 Å². The summed E-state index contributed by atoms with van der Waals surface area (Å²) in [5, 5.41) is 13.1. The maximum atomic E-state index is 14.8. The molecule has 1 heterocycles. The molecule has 2 aromatic carbocycles. The standard InChI is InChI=1S/C28H32FNO6.C3H6/c1-27(2)23(28(27,3)4)16-35-26-22(15-34-19-8-6-7-17(13-19)9-12-24(31)32)30-36-25(26)20-14-18(33-5)10-11-21(20)29;1-2-3-1/h6-8,10-11,13-14,23H,9,12,15-16H2,1-5H3,(H,31,32);1-3H2. The second kappa shape index (κ2) is 11.7. The molecule has 3 aromatic rings. The molecule has 0 spiro atoms. The topological polar surface area (TPSA) is 91.0 Å². The van der Waals surface area contributed by atoms with Crippen LogP contribution >= 0.6 is 0 Å². The molecule has 7 nitrogen and oxygen atoms in total. The van der Waals surface area contributed by atoms with Crippen LogP contribution in [0.1, 0.15) is 64.6 Å². The first-order valence-corrected chi connectivity index (χ1v) is 13.4. The minimum absolute atomic E-state index is 0.0320. The van der Waals surface area contributed by atoms with Gasteiger partial charge in [0.25, 0.3) is 0 Å². The maximum absolute atomic E-state index is 14.8. The Labute approximate surface area is 229 Å². The lowest BCUT2D eigenvalue weighted by Gasteiger charge is -2.11. The lowest BCUT2D eigenvalue weighted by atomic mass is 10.0. The van der Waals surface area contributed by atoms with Crippen LogP contribution in [0.3, 0.4) is 0 Å². The van der Waals surface area contributed by atoms with Crippen molar-refractivity contribution in [1.29, 1.82) is 0 Å². The van der Waals surface area contributed by atoms with E-state index in [9.17, 15) is 9.18 Å². The molecule has 2 fully saturated rings. The number of carboxylic acids is 1. The minimum Gasteiger partial charge on any atom is -0.497 e. The summed E-state index contributed by atoms with van der Waals surface area (Å²) < 4.78 is 37.8. The van der Waals surface area contributed by atoms with Crippen LogP contribution < -0.4 is 14.2 Å². The number of benzene rings is 2. The lowest BCUT2D eigenvalue weighted by Crippen LogP contribution is -2.08. The molecule has 39 heavy (non-hydrogen) atoms. The van der Waals surface area contributed by atoms with E-state index in [0.29, 0.717) is 41.9 Å². The van der Waals surface area contributed by atoms with E-state index in [2.05, 4.69) is 32.9 Å². The number of aryl methyl sites for hydroxylation is 1. The molecule has 1 aromatic heterocycles. The molecule has 2 aliphatic rings. The molecule has 2 saturated carbocycles. The van der Waals surface area contributed by atoms with Crippen LogP contribution in [0.25, 0.3) is 11.3 Å². The lowest BCUT2D eigenvalue weighted by molar-refractivity contribution is -0.136. The minimum atomic E-state index is -0.856. The van der Waals surface area contributed by atoms with Crippen molar-refractivity contribution in [3.63, 3.8) is 0 Å². The SMILES string of the molecule is C1CC1.COc1ccc(F)c(-c2onc(COc3cccc(CCC(=O)O)c3)c2OCC2C(C)(C)C2(C)C)c1. The van der Waals surface area contributed by atoms with Gasteiger partial charge in [0.1, 0.15) is 23.9 Å². The van der Waals surface area contributed by atoms with Crippen LogP contribution in [0.15, 0.2) is 47.0 Å². The first-order valence-electron chi connectivity index (χ1n) is 13.4. The molecule has 5 rings (SSSR count). The van der Waals surface area contributed by atoms with Gasteiger partial charge in [-0.1, -0.05) is 64.2 Å². The van der Waals surface area contributed by atoms with E-state index in [0.717, 1.165) is 5.56 Å². The Hall–Kier alpha value is -3.55. The molecule has 2 aliphatic carbocycles. The average molecular weight is 540 g/mol. The van der Waals surface area contributed by atoms with E-state index in [1.165, 1.54) is 38.5 Å². The molecule has 0 unspecified atom stereocenters. The van der Waals surface area contributed by atoms with Crippen molar-refractivity contribution in [2.45, 2.75) is 66.4 Å². The Morgan fingerprint density at radius 1 is 1.05 bits per heavy atom. The van der Waals surface area contributed by atoms with Crippen LogP contribution in [-0.4, -0.2) is 29.9 Å². The van der Waals surface area contributed by atoms with E-state index in [1.54, 1.807) is 24.3 Å². The second-order valence-electron chi connectivity index (χ2n) is 11.3. The van der Waals surface area contributed by atoms with Gasteiger partial charge >= 0.3 is 5.97 Å². The molecule has 1 N–H and O–H groups in total. The number of methoxy groups -OCH3 is 1. The zero-order valence-electron chi connectivity index (χ0n) is 23.4. The highest BCUT2D eigenvalue weighted by atomic mass is 19.1. The van der Waals surface area contributed by atoms with Crippen LogP contribution in [0.2, 0.25) is 0 Å². The molecular formula is C31H38FNO6. The molecule has 0 amide bonds. The second-order valence-corrected chi connectivity index (χ2v) is 11.3. The smallest absolute Gasteiger partial charge is 0.303 e. The third-order valence-corrected chi connectivity index (χ3v) is 8.10. The molecule has 0 saturated heterocycles. The van der Waals surface area contributed by atoms with Gasteiger partial charge in [-0.3, -0.25) is 4.79 Å². The van der Waals surface area contributed by atoms with Crippen molar-refractivity contribution in [3.8, 4) is 28.6 Å². The molecule has 210 valence electrons. The summed E-state index contributed by atoms with van der Waals surface area (Å²) >= 11 is 0. The summed E-state index contributed by atoms with van der Waals surface area (Å²) in [5.41, 5.74) is 1.66. The van der Waals surface area contributed by atoms with E-state index >= 15 is 0 Å². The van der Waals surface area contributed by atoms with E-state index < -0.39 is 11.8 Å². The number of carboxylic acid groups (broad SMARTS) is 1. The molecule has 8 heteroatoms. The summed E-state index contributed by atoms with van der Waals surface area (Å²) in [4.78, 5) is 10.9. The highest BCUT2D eigenvalue weighted by molar-refractivity contribution is 5.68. The number of rotatable bonds is 11. The molecule has 0 aliphatic heterocycles. The Bertz CT molecular complexity index is 1280. The number of hydrogen-bond donors (Lipinski definition) is 1. The Morgan fingerprint density at radius 2 is 1.77 bits per heavy atom. The van der Waals surface area contributed by atoms with Crippen LogP contribution in [0.4, 0.5) is 4.39 Å². The first-order chi connectivity index (χ1) is 18.5. The maximum Gasteiger partial charge on any atom is 0.303 e. The third-order valence-electron chi connectivity index (χ3n) is 8.10. The molecular weight excluding hydrogens is 501 g/mol. The first kappa shape index (κ1) is 28.5. The zero-order valence-corrected chi connectivity index (χ0v) is 23.4. The monoisotopic (exact) mass is 539 g/mol. The van der Waals surface area contributed by atoms with Crippen molar-refractivity contribution >= 4 is 5.97 Å². The normalized spacial score (nSPS) is 16.6. The van der Waals surface area contributed by atoms with Gasteiger partial charge in [-0.05, 0) is 53.1 Å². The van der Waals surface area contributed by atoms with Crippen molar-refractivity contribution in [1.82, 2.24) is 5.16 Å². The van der Waals surface area contributed by atoms with E-state index in [-0.39, 0.29) is 35.2 Å². The molecule has 0 bridgehead atoms. The van der Waals surface area contributed by atoms with Gasteiger partial charge < -0.3 is 23.8 Å². The number of aliphatic carboxylic acids is 1. The predicted molar refractivity (Wildman–Crippen MR) is 146 cm³/mol. The highest BCUT2D eigenvalue weighted by Gasteiger charge is 2.64. The number of aromatic nitrogens is 1.